The number of hydrogen-bond acceptors (Lipinski definition) is 6. The first-order valence-corrected chi connectivity index (χ1v) is 10.8. The van der Waals surface area contributed by atoms with E-state index >= 15 is 0 Å². The number of halogens is 1. The van der Waals surface area contributed by atoms with Crippen molar-refractivity contribution in [2.45, 2.75) is 59.6 Å². The third-order valence-corrected chi connectivity index (χ3v) is 6.07. The fraction of sp³-hybridized carbons (Fsp3) is 0.391. The predicted molar refractivity (Wildman–Crippen MR) is 124 cm³/mol. The SMILES string of the molecule is CC(=N)N1C(=N)[C@H](CC(=O)OC(C)(C)C)N=C(c2ccc(F)cc2)c2c1sc(C)c2C. The summed E-state index contributed by atoms with van der Waals surface area (Å²) in [6.07, 6.45) is -0.127. The van der Waals surface area contributed by atoms with Crippen LogP contribution in [0.5, 0.6) is 0 Å². The Bertz CT molecular complexity index is 1080. The molecule has 0 amide bonds. The van der Waals surface area contributed by atoms with Crippen molar-refractivity contribution >= 4 is 39.7 Å². The molecule has 1 atom stereocenters. The Hall–Kier alpha value is -2.87. The van der Waals surface area contributed by atoms with Gasteiger partial charge in [-0.25, -0.2) is 4.39 Å². The second-order valence-electron chi connectivity index (χ2n) is 8.56. The predicted octanol–water partition coefficient (Wildman–Crippen LogP) is 5.24. The van der Waals surface area contributed by atoms with E-state index in [9.17, 15) is 9.18 Å². The van der Waals surface area contributed by atoms with E-state index in [1.807, 2.05) is 13.8 Å². The number of esters is 1. The Morgan fingerprint density at radius 2 is 1.87 bits per heavy atom. The minimum atomic E-state index is -0.838. The molecule has 0 aliphatic carbocycles. The van der Waals surface area contributed by atoms with E-state index in [0.717, 1.165) is 16.0 Å². The molecule has 164 valence electrons. The molecule has 1 aliphatic heterocycles. The molecule has 0 bridgehead atoms. The number of carbonyl (C=O) groups excluding carboxylic acids is 1. The summed E-state index contributed by atoms with van der Waals surface area (Å²) in [5.74, 6) is -0.619. The standard InChI is InChI=1S/C23H27FN4O2S/c1-12-13(2)31-22-19(12)20(15-7-9-16(24)10-8-15)27-17(21(26)28(22)14(3)25)11-18(29)30-23(4,5)6/h7-10,17,25-26H,11H2,1-6H3/t17-/m0/s1. The zero-order chi connectivity index (χ0) is 23.1. The third-order valence-electron chi connectivity index (χ3n) is 4.88. The van der Waals surface area contributed by atoms with E-state index in [-0.39, 0.29) is 23.9 Å². The van der Waals surface area contributed by atoms with Gasteiger partial charge in [-0.05, 0) is 71.4 Å². The molecule has 1 aromatic heterocycles. The number of fused-ring (bicyclic) bond motifs is 1. The Kier molecular flexibility index (Phi) is 6.14. The van der Waals surface area contributed by atoms with Crippen LogP contribution in [-0.4, -0.2) is 35.0 Å². The molecule has 0 saturated carbocycles. The molecule has 0 spiro atoms. The van der Waals surface area contributed by atoms with Crippen LogP contribution in [0.3, 0.4) is 0 Å². The lowest BCUT2D eigenvalue weighted by Gasteiger charge is -2.25. The van der Waals surface area contributed by atoms with Crippen LogP contribution >= 0.6 is 11.3 Å². The Balaban J connectivity index is 2.19. The van der Waals surface area contributed by atoms with Crippen molar-refractivity contribution in [3.63, 3.8) is 0 Å². The Morgan fingerprint density at radius 1 is 1.26 bits per heavy atom. The fourth-order valence-corrected chi connectivity index (χ4v) is 4.65. The van der Waals surface area contributed by atoms with Crippen LogP contribution in [0.15, 0.2) is 29.3 Å². The smallest absolute Gasteiger partial charge is 0.308 e. The molecule has 1 aromatic carbocycles. The van der Waals surface area contributed by atoms with Crippen LogP contribution in [0, 0.1) is 30.5 Å². The van der Waals surface area contributed by atoms with Gasteiger partial charge in [-0.1, -0.05) is 0 Å². The van der Waals surface area contributed by atoms with E-state index < -0.39 is 17.6 Å². The van der Waals surface area contributed by atoms with Gasteiger partial charge in [0, 0.05) is 16.0 Å². The van der Waals surface area contributed by atoms with Crippen molar-refractivity contribution in [2.75, 3.05) is 4.90 Å². The summed E-state index contributed by atoms with van der Waals surface area (Å²) in [5.41, 5.74) is 2.41. The lowest BCUT2D eigenvalue weighted by Crippen LogP contribution is -2.41. The molecule has 0 unspecified atom stereocenters. The molecule has 8 heteroatoms. The molecule has 1 aliphatic rings. The maximum absolute atomic E-state index is 13.6. The number of rotatable bonds is 3. The van der Waals surface area contributed by atoms with Crippen LogP contribution in [-0.2, 0) is 9.53 Å². The van der Waals surface area contributed by atoms with E-state index in [1.54, 1.807) is 39.8 Å². The van der Waals surface area contributed by atoms with Crippen LogP contribution < -0.4 is 4.90 Å². The van der Waals surface area contributed by atoms with Crippen molar-refractivity contribution in [3.05, 3.63) is 51.7 Å². The number of aryl methyl sites for hydroxylation is 1. The van der Waals surface area contributed by atoms with Gasteiger partial charge in [0.05, 0.1) is 12.1 Å². The molecule has 0 saturated heterocycles. The summed E-state index contributed by atoms with van der Waals surface area (Å²) < 4.78 is 19.0. The van der Waals surface area contributed by atoms with Crippen LogP contribution in [0.25, 0.3) is 0 Å². The summed E-state index contributed by atoms with van der Waals surface area (Å²) in [5, 5.41) is 17.8. The highest BCUT2D eigenvalue weighted by Gasteiger charge is 2.35. The number of hydrogen-bond donors (Lipinski definition) is 2. The van der Waals surface area contributed by atoms with Crippen molar-refractivity contribution in [2.24, 2.45) is 4.99 Å². The summed E-state index contributed by atoms with van der Waals surface area (Å²) in [4.78, 5) is 20.0. The number of benzene rings is 1. The highest BCUT2D eigenvalue weighted by molar-refractivity contribution is 7.17. The minimum Gasteiger partial charge on any atom is -0.460 e. The number of nitrogens with zero attached hydrogens (tertiary/aromatic N) is 2. The molecule has 2 aromatic rings. The minimum absolute atomic E-state index is 0.0398. The number of ether oxygens (including phenoxy) is 1. The van der Waals surface area contributed by atoms with E-state index in [1.165, 1.54) is 28.4 Å². The van der Waals surface area contributed by atoms with Gasteiger partial charge in [-0.2, -0.15) is 0 Å². The second-order valence-corrected chi connectivity index (χ2v) is 9.76. The molecular formula is C23H27FN4O2S. The lowest BCUT2D eigenvalue weighted by molar-refractivity contribution is -0.154. The summed E-state index contributed by atoms with van der Waals surface area (Å²) in [7, 11) is 0. The molecule has 2 heterocycles. The van der Waals surface area contributed by atoms with Crippen LogP contribution in [0.2, 0.25) is 0 Å². The van der Waals surface area contributed by atoms with Crippen molar-refractivity contribution in [1.82, 2.24) is 0 Å². The largest absolute Gasteiger partial charge is 0.460 e. The number of thiophene rings is 1. The molecule has 3 rings (SSSR count). The van der Waals surface area contributed by atoms with Gasteiger partial charge >= 0.3 is 5.97 Å². The first kappa shape index (κ1) is 22.8. The summed E-state index contributed by atoms with van der Waals surface area (Å²) in [6, 6.07) is 5.18. The summed E-state index contributed by atoms with van der Waals surface area (Å²) in [6.45, 7) is 10.9. The maximum atomic E-state index is 13.6. The van der Waals surface area contributed by atoms with Crippen LogP contribution in [0.1, 0.15) is 55.7 Å². The van der Waals surface area contributed by atoms with Gasteiger partial charge in [0.2, 0.25) is 0 Å². The molecule has 0 fully saturated rings. The zero-order valence-corrected chi connectivity index (χ0v) is 19.4. The second kappa shape index (κ2) is 8.34. The van der Waals surface area contributed by atoms with Gasteiger partial charge in [0.25, 0.3) is 0 Å². The molecule has 6 nitrogen and oxygen atoms in total. The van der Waals surface area contributed by atoms with Gasteiger partial charge in [-0.15, -0.1) is 11.3 Å². The topological polar surface area (TPSA) is 89.6 Å². The highest BCUT2D eigenvalue weighted by atomic mass is 32.1. The van der Waals surface area contributed by atoms with E-state index in [0.29, 0.717) is 16.3 Å². The van der Waals surface area contributed by atoms with Crippen molar-refractivity contribution < 1.29 is 13.9 Å². The fourth-order valence-electron chi connectivity index (χ4n) is 3.43. The van der Waals surface area contributed by atoms with E-state index in [4.69, 9.17) is 20.5 Å². The maximum Gasteiger partial charge on any atom is 0.308 e. The monoisotopic (exact) mass is 442 g/mol. The average molecular weight is 443 g/mol. The average Bonchev–Trinajstić information content (AvgIpc) is 2.85. The molecule has 0 radical (unpaired) electrons. The highest BCUT2D eigenvalue weighted by Crippen LogP contribution is 2.40. The first-order chi connectivity index (χ1) is 14.4. The Labute approximate surface area is 185 Å². The Morgan fingerprint density at radius 3 is 2.42 bits per heavy atom. The van der Waals surface area contributed by atoms with Crippen LogP contribution in [0.4, 0.5) is 9.39 Å². The van der Waals surface area contributed by atoms with E-state index in [2.05, 4.69) is 0 Å². The normalized spacial score (nSPS) is 16.5. The molecule has 31 heavy (non-hydrogen) atoms. The number of carbonyl (C=O) groups is 1. The number of anilines is 1. The lowest BCUT2D eigenvalue weighted by atomic mass is 9.99. The molecular weight excluding hydrogens is 415 g/mol. The number of nitrogens with one attached hydrogen (secondary N) is 2. The number of aliphatic imine (C=N–C) groups is 1. The van der Waals surface area contributed by atoms with Gasteiger partial charge in [-0.3, -0.25) is 25.5 Å². The zero-order valence-electron chi connectivity index (χ0n) is 18.6. The first-order valence-electron chi connectivity index (χ1n) is 9.98. The van der Waals surface area contributed by atoms with Crippen molar-refractivity contribution in [1.29, 1.82) is 10.8 Å². The van der Waals surface area contributed by atoms with Gasteiger partial charge < -0.3 is 4.74 Å². The summed E-state index contributed by atoms with van der Waals surface area (Å²) >= 11 is 1.48. The third kappa shape index (κ3) is 4.74. The van der Waals surface area contributed by atoms with Gasteiger partial charge in [0.1, 0.15) is 34.1 Å². The quantitative estimate of drug-likeness (QED) is 0.387. The molecule has 2 N–H and O–H groups in total. The van der Waals surface area contributed by atoms with Gasteiger partial charge in [0.15, 0.2) is 0 Å². The van der Waals surface area contributed by atoms with Crippen molar-refractivity contribution in [3.8, 4) is 0 Å². The number of amidine groups is 2.